The second kappa shape index (κ2) is 7.85. The highest BCUT2D eigenvalue weighted by molar-refractivity contribution is 5.99. The number of hydrogen-bond acceptors (Lipinski definition) is 4. The second-order valence-electron chi connectivity index (χ2n) is 7.38. The summed E-state index contributed by atoms with van der Waals surface area (Å²) in [6.07, 6.45) is 5.02. The molecule has 0 atom stereocenters. The molecular weight excluding hydrogens is 316 g/mol. The molecule has 0 bridgehead atoms. The van der Waals surface area contributed by atoms with E-state index in [-0.39, 0.29) is 11.8 Å². The van der Waals surface area contributed by atoms with Gasteiger partial charge in [-0.1, -0.05) is 13.8 Å². The molecule has 3 rings (SSSR count). The SMILES string of the molecule is CC(C)CN1CCN(c2ncccc2C(=O)N2CCCCC2)CC1=O. The molecule has 2 fully saturated rings. The van der Waals surface area contributed by atoms with E-state index in [1.165, 1.54) is 6.42 Å². The Bertz CT molecular complexity index is 626. The van der Waals surface area contributed by atoms with Crippen molar-refractivity contribution in [1.29, 1.82) is 0 Å². The van der Waals surface area contributed by atoms with Gasteiger partial charge < -0.3 is 14.7 Å². The van der Waals surface area contributed by atoms with Gasteiger partial charge in [0.15, 0.2) is 0 Å². The number of nitrogens with zero attached hydrogens (tertiary/aromatic N) is 4. The van der Waals surface area contributed by atoms with Crippen molar-refractivity contribution < 1.29 is 9.59 Å². The summed E-state index contributed by atoms with van der Waals surface area (Å²) in [6.45, 7) is 8.35. The Hall–Kier alpha value is -2.11. The average Bonchev–Trinajstić information content (AvgIpc) is 2.63. The maximum Gasteiger partial charge on any atom is 0.257 e. The van der Waals surface area contributed by atoms with Crippen LogP contribution in [0.15, 0.2) is 18.3 Å². The zero-order valence-corrected chi connectivity index (χ0v) is 15.3. The third-order valence-corrected chi connectivity index (χ3v) is 4.86. The van der Waals surface area contributed by atoms with E-state index in [0.717, 1.165) is 39.0 Å². The summed E-state index contributed by atoms with van der Waals surface area (Å²) in [6, 6.07) is 3.64. The van der Waals surface area contributed by atoms with E-state index in [1.54, 1.807) is 12.3 Å². The number of rotatable bonds is 4. The number of carbonyl (C=O) groups excluding carboxylic acids is 2. The topological polar surface area (TPSA) is 56.8 Å². The van der Waals surface area contributed by atoms with Crippen molar-refractivity contribution in [3.05, 3.63) is 23.9 Å². The molecule has 0 spiro atoms. The maximum atomic E-state index is 12.9. The van der Waals surface area contributed by atoms with Crippen molar-refractivity contribution in [3.8, 4) is 0 Å². The highest BCUT2D eigenvalue weighted by atomic mass is 16.2. The molecule has 0 aliphatic carbocycles. The molecule has 25 heavy (non-hydrogen) atoms. The summed E-state index contributed by atoms with van der Waals surface area (Å²) in [4.78, 5) is 35.6. The molecule has 3 heterocycles. The molecule has 136 valence electrons. The Balaban J connectivity index is 1.75. The van der Waals surface area contributed by atoms with Crippen LogP contribution in [0.3, 0.4) is 0 Å². The number of likely N-dealkylation sites (tertiary alicyclic amines) is 1. The first kappa shape index (κ1) is 17.7. The Morgan fingerprint density at radius 2 is 1.92 bits per heavy atom. The Morgan fingerprint density at radius 3 is 2.60 bits per heavy atom. The number of piperidine rings is 1. The third kappa shape index (κ3) is 4.11. The minimum absolute atomic E-state index is 0.0415. The van der Waals surface area contributed by atoms with E-state index >= 15 is 0 Å². The molecule has 0 aromatic carbocycles. The number of hydrogen-bond donors (Lipinski definition) is 0. The van der Waals surface area contributed by atoms with Crippen molar-refractivity contribution in [2.75, 3.05) is 44.2 Å². The van der Waals surface area contributed by atoms with Crippen molar-refractivity contribution in [2.24, 2.45) is 5.92 Å². The van der Waals surface area contributed by atoms with Gasteiger partial charge in [0, 0.05) is 38.9 Å². The summed E-state index contributed by atoms with van der Waals surface area (Å²) in [7, 11) is 0. The number of pyridine rings is 1. The van der Waals surface area contributed by atoms with Crippen LogP contribution in [0.25, 0.3) is 0 Å². The Morgan fingerprint density at radius 1 is 1.16 bits per heavy atom. The van der Waals surface area contributed by atoms with Gasteiger partial charge >= 0.3 is 0 Å². The lowest BCUT2D eigenvalue weighted by Crippen LogP contribution is -2.52. The van der Waals surface area contributed by atoms with Gasteiger partial charge in [-0.25, -0.2) is 4.98 Å². The molecule has 1 aromatic heterocycles. The quantitative estimate of drug-likeness (QED) is 0.838. The van der Waals surface area contributed by atoms with Crippen LogP contribution in [0.2, 0.25) is 0 Å². The predicted molar refractivity (Wildman–Crippen MR) is 97.6 cm³/mol. The smallest absolute Gasteiger partial charge is 0.257 e. The molecule has 1 aromatic rings. The molecule has 0 radical (unpaired) electrons. The van der Waals surface area contributed by atoms with Gasteiger partial charge in [0.05, 0.1) is 12.1 Å². The third-order valence-electron chi connectivity index (χ3n) is 4.86. The molecule has 6 heteroatoms. The molecule has 0 saturated carbocycles. The van der Waals surface area contributed by atoms with Crippen molar-refractivity contribution in [2.45, 2.75) is 33.1 Å². The summed E-state index contributed by atoms with van der Waals surface area (Å²) < 4.78 is 0. The first-order valence-corrected chi connectivity index (χ1v) is 9.33. The average molecular weight is 344 g/mol. The van der Waals surface area contributed by atoms with Gasteiger partial charge in [-0.15, -0.1) is 0 Å². The molecule has 0 unspecified atom stereocenters. The summed E-state index contributed by atoms with van der Waals surface area (Å²) in [5.41, 5.74) is 0.620. The van der Waals surface area contributed by atoms with Gasteiger partial charge in [0.1, 0.15) is 5.82 Å². The monoisotopic (exact) mass is 344 g/mol. The van der Waals surface area contributed by atoms with Gasteiger partial charge in [-0.3, -0.25) is 9.59 Å². The fourth-order valence-electron chi connectivity index (χ4n) is 3.61. The first-order chi connectivity index (χ1) is 12.1. The summed E-state index contributed by atoms with van der Waals surface area (Å²) in [5.74, 6) is 1.26. The van der Waals surface area contributed by atoms with Crippen molar-refractivity contribution in [3.63, 3.8) is 0 Å². The van der Waals surface area contributed by atoms with E-state index < -0.39 is 0 Å². The molecule has 2 aliphatic heterocycles. The van der Waals surface area contributed by atoms with Crippen LogP contribution in [0, 0.1) is 5.92 Å². The van der Waals surface area contributed by atoms with E-state index in [1.807, 2.05) is 20.8 Å². The second-order valence-corrected chi connectivity index (χ2v) is 7.38. The molecule has 0 N–H and O–H groups in total. The largest absolute Gasteiger partial charge is 0.345 e. The fourth-order valence-corrected chi connectivity index (χ4v) is 3.61. The zero-order chi connectivity index (χ0) is 17.8. The summed E-state index contributed by atoms with van der Waals surface area (Å²) in [5, 5.41) is 0. The van der Waals surface area contributed by atoms with E-state index in [9.17, 15) is 9.59 Å². The van der Waals surface area contributed by atoms with E-state index in [4.69, 9.17) is 0 Å². The van der Waals surface area contributed by atoms with E-state index in [2.05, 4.69) is 18.8 Å². The maximum absolute atomic E-state index is 12.9. The number of amides is 2. The standard InChI is InChI=1S/C19H28N4O2/c1-15(2)13-22-11-12-23(14-17(22)24)18-16(7-6-8-20-18)19(25)21-9-4-3-5-10-21/h6-8,15H,3-5,9-14H2,1-2H3. The lowest BCUT2D eigenvalue weighted by molar-refractivity contribution is -0.131. The van der Waals surface area contributed by atoms with Gasteiger partial charge in [0.25, 0.3) is 5.91 Å². The fraction of sp³-hybridized carbons (Fsp3) is 0.632. The normalized spacial score (nSPS) is 18.8. The minimum atomic E-state index is 0.0415. The minimum Gasteiger partial charge on any atom is -0.345 e. The van der Waals surface area contributed by atoms with Crippen LogP contribution in [0.5, 0.6) is 0 Å². The molecule has 2 amide bonds. The lowest BCUT2D eigenvalue weighted by atomic mass is 10.1. The number of anilines is 1. The highest BCUT2D eigenvalue weighted by Crippen LogP contribution is 2.23. The predicted octanol–water partition coefficient (Wildman–Crippen LogP) is 2.01. The van der Waals surface area contributed by atoms with Crippen molar-refractivity contribution in [1.82, 2.24) is 14.8 Å². The van der Waals surface area contributed by atoms with Crippen molar-refractivity contribution >= 4 is 17.6 Å². The van der Waals surface area contributed by atoms with Crippen LogP contribution in [-0.4, -0.2) is 65.9 Å². The lowest BCUT2D eigenvalue weighted by Gasteiger charge is -2.37. The zero-order valence-electron chi connectivity index (χ0n) is 15.3. The van der Waals surface area contributed by atoms with Crippen LogP contribution < -0.4 is 4.90 Å². The number of aromatic nitrogens is 1. The highest BCUT2D eigenvalue weighted by Gasteiger charge is 2.29. The molecule has 6 nitrogen and oxygen atoms in total. The number of carbonyl (C=O) groups is 2. The number of piperazine rings is 1. The van der Waals surface area contributed by atoms with Gasteiger partial charge in [-0.05, 0) is 37.3 Å². The van der Waals surface area contributed by atoms with Gasteiger partial charge in [0.2, 0.25) is 5.91 Å². The Kier molecular flexibility index (Phi) is 5.56. The van der Waals surface area contributed by atoms with Crippen LogP contribution in [-0.2, 0) is 4.79 Å². The summed E-state index contributed by atoms with van der Waals surface area (Å²) >= 11 is 0. The molecule has 2 saturated heterocycles. The Labute approximate surface area is 149 Å². The first-order valence-electron chi connectivity index (χ1n) is 9.33. The van der Waals surface area contributed by atoms with Gasteiger partial charge in [-0.2, -0.15) is 0 Å². The van der Waals surface area contributed by atoms with E-state index in [0.29, 0.717) is 30.4 Å². The molecular formula is C19H28N4O2. The van der Waals surface area contributed by atoms with Crippen LogP contribution in [0.4, 0.5) is 5.82 Å². The van der Waals surface area contributed by atoms with Crippen LogP contribution in [0.1, 0.15) is 43.5 Å². The molecule has 2 aliphatic rings. The van der Waals surface area contributed by atoms with Crippen LogP contribution >= 0.6 is 0 Å².